The van der Waals surface area contributed by atoms with Crippen molar-refractivity contribution in [3.8, 4) is 5.69 Å². The van der Waals surface area contributed by atoms with Crippen molar-refractivity contribution in [3.63, 3.8) is 0 Å². The zero-order chi connectivity index (χ0) is 16.5. The van der Waals surface area contributed by atoms with Crippen LogP contribution in [0.25, 0.3) is 5.69 Å². The van der Waals surface area contributed by atoms with Crippen LogP contribution in [0.4, 0.5) is 0 Å². The smallest absolute Gasteiger partial charge is 0.209 e. The Bertz CT molecular complexity index is 871. The van der Waals surface area contributed by atoms with Gasteiger partial charge in [-0.25, -0.2) is 9.67 Å². The Morgan fingerprint density at radius 2 is 2.04 bits per heavy atom. The molecule has 4 nitrogen and oxygen atoms in total. The second-order valence-electron chi connectivity index (χ2n) is 5.59. The Hall–Kier alpha value is -1.63. The number of hydrogen-bond acceptors (Lipinski definition) is 5. The molecule has 4 rings (SSSR count). The van der Waals surface area contributed by atoms with Gasteiger partial charge in [0.1, 0.15) is 5.82 Å². The zero-order valence-corrected chi connectivity index (χ0v) is 15.1. The Balaban J connectivity index is 1.53. The lowest BCUT2D eigenvalue weighted by molar-refractivity contribution is 0.102. The van der Waals surface area contributed by atoms with Gasteiger partial charge in [0.05, 0.1) is 20.7 Å². The number of hydrogen-bond donors (Lipinski definition) is 0. The number of halogens is 1. The fourth-order valence-electron chi connectivity index (χ4n) is 2.40. The number of ketones is 1. The number of aromatic nitrogens is 3. The van der Waals surface area contributed by atoms with Crippen LogP contribution >= 0.6 is 34.7 Å². The summed E-state index contributed by atoms with van der Waals surface area (Å²) < 4.78 is 2.54. The first-order chi connectivity index (χ1) is 11.7. The minimum atomic E-state index is 0.0564. The molecular formula is C17H14ClN3OS2. The fourth-order valence-corrected chi connectivity index (χ4v) is 4.18. The fraction of sp³-hybridized carbons (Fsp3) is 0.235. The molecule has 0 spiro atoms. The molecule has 0 amide bonds. The zero-order valence-electron chi connectivity index (χ0n) is 12.7. The van der Waals surface area contributed by atoms with Crippen LogP contribution in [-0.2, 0) is 0 Å². The molecule has 0 N–H and O–H groups in total. The number of para-hydroxylation sites is 1. The highest BCUT2D eigenvalue weighted by atomic mass is 35.5. The third kappa shape index (κ3) is 3.41. The lowest BCUT2D eigenvalue weighted by Crippen LogP contribution is -2.01. The van der Waals surface area contributed by atoms with Crippen molar-refractivity contribution in [3.05, 3.63) is 57.5 Å². The van der Waals surface area contributed by atoms with Gasteiger partial charge in [0, 0.05) is 5.92 Å². The summed E-state index contributed by atoms with van der Waals surface area (Å²) in [5, 5.41) is 5.26. The van der Waals surface area contributed by atoms with Crippen molar-refractivity contribution in [2.45, 2.75) is 23.9 Å². The van der Waals surface area contributed by atoms with E-state index >= 15 is 0 Å². The average Bonchev–Trinajstić information content (AvgIpc) is 3.21. The van der Waals surface area contributed by atoms with Gasteiger partial charge in [-0.15, -0.1) is 16.4 Å². The molecule has 2 heterocycles. The van der Waals surface area contributed by atoms with E-state index in [0.29, 0.717) is 26.0 Å². The molecule has 0 saturated heterocycles. The van der Waals surface area contributed by atoms with Gasteiger partial charge < -0.3 is 0 Å². The first-order valence-corrected chi connectivity index (χ1v) is 9.82. The molecule has 1 aliphatic carbocycles. The monoisotopic (exact) mass is 375 g/mol. The van der Waals surface area contributed by atoms with Crippen LogP contribution < -0.4 is 0 Å². The van der Waals surface area contributed by atoms with E-state index in [1.807, 2.05) is 35.0 Å². The van der Waals surface area contributed by atoms with E-state index in [-0.39, 0.29) is 5.78 Å². The summed E-state index contributed by atoms with van der Waals surface area (Å²) in [7, 11) is 0. The minimum Gasteiger partial charge on any atom is -0.292 e. The van der Waals surface area contributed by atoms with Gasteiger partial charge in [-0.05, 0) is 37.1 Å². The highest BCUT2D eigenvalue weighted by molar-refractivity contribution is 7.99. The number of thioether (sulfide) groups is 1. The third-order valence-electron chi connectivity index (χ3n) is 3.74. The number of rotatable bonds is 6. The van der Waals surface area contributed by atoms with Crippen LogP contribution in [0.3, 0.4) is 0 Å². The molecule has 1 fully saturated rings. The Labute approximate surface area is 152 Å². The van der Waals surface area contributed by atoms with Crippen molar-refractivity contribution in [2.24, 2.45) is 0 Å². The quantitative estimate of drug-likeness (QED) is 0.457. The summed E-state index contributed by atoms with van der Waals surface area (Å²) in [5.74, 6) is 1.86. The third-order valence-corrected chi connectivity index (χ3v) is 5.85. The molecule has 0 aliphatic heterocycles. The molecule has 3 aromatic rings. The number of benzene rings is 1. The maximum Gasteiger partial charge on any atom is 0.209 e. The van der Waals surface area contributed by atoms with Crippen LogP contribution in [-0.4, -0.2) is 26.3 Å². The molecule has 7 heteroatoms. The van der Waals surface area contributed by atoms with Crippen LogP contribution in [0.5, 0.6) is 0 Å². The maximum absolute atomic E-state index is 12.2. The molecule has 24 heavy (non-hydrogen) atoms. The van der Waals surface area contributed by atoms with E-state index in [4.69, 9.17) is 11.6 Å². The first-order valence-electron chi connectivity index (χ1n) is 7.64. The van der Waals surface area contributed by atoms with Gasteiger partial charge in [-0.2, -0.15) is 0 Å². The average molecular weight is 376 g/mol. The molecule has 1 saturated carbocycles. The highest BCUT2D eigenvalue weighted by Gasteiger charge is 2.30. The molecule has 2 aromatic heterocycles. The molecule has 122 valence electrons. The van der Waals surface area contributed by atoms with Gasteiger partial charge in [-0.1, -0.05) is 41.6 Å². The van der Waals surface area contributed by atoms with Crippen LogP contribution in [0.1, 0.15) is 34.3 Å². The van der Waals surface area contributed by atoms with E-state index in [9.17, 15) is 4.79 Å². The number of Topliss-reactive ketones (excluding diaryl/α,β-unsaturated/α-hetero) is 1. The molecule has 1 aromatic carbocycles. The molecule has 0 unspecified atom stereocenters. The van der Waals surface area contributed by atoms with Crippen LogP contribution in [0.2, 0.25) is 4.34 Å². The van der Waals surface area contributed by atoms with Crippen molar-refractivity contribution >= 4 is 40.5 Å². The number of carbonyl (C=O) groups excluding carboxylic acids is 1. The Morgan fingerprint density at radius 1 is 1.25 bits per heavy atom. The molecule has 0 radical (unpaired) electrons. The van der Waals surface area contributed by atoms with E-state index in [1.54, 1.807) is 12.1 Å². The van der Waals surface area contributed by atoms with E-state index in [2.05, 4.69) is 10.1 Å². The second kappa shape index (κ2) is 6.70. The summed E-state index contributed by atoms with van der Waals surface area (Å²) in [5.41, 5.74) is 1.01. The predicted octanol–water partition coefficient (Wildman–Crippen LogP) is 4.83. The summed E-state index contributed by atoms with van der Waals surface area (Å²) >= 11 is 8.57. The minimum absolute atomic E-state index is 0.0564. The SMILES string of the molecule is O=C(CSc1nc(C2CC2)n(-c2ccccc2)n1)c1ccc(Cl)s1. The van der Waals surface area contributed by atoms with E-state index in [0.717, 1.165) is 24.4 Å². The number of nitrogens with zero attached hydrogens (tertiary/aromatic N) is 3. The van der Waals surface area contributed by atoms with Crippen molar-refractivity contribution in [2.75, 3.05) is 5.75 Å². The van der Waals surface area contributed by atoms with Gasteiger partial charge in [0.25, 0.3) is 0 Å². The van der Waals surface area contributed by atoms with Crippen molar-refractivity contribution in [1.29, 1.82) is 0 Å². The predicted molar refractivity (Wildman–Crippen MR) is 97.7 cm³/mol. The van der Waals surface area contributed by atoms with Gasteiger partial charge >= 0.3 is 0 Å². The van der Waals surface area contributed by atoms with E-state index < -0.39 is 0 Å². The topological polar surface area (TPSA) is 47.8 Å². The van der Waals surface area contributed by atoms with Gasteiger partial charge in [0.15, 0.2) is 5.78 Å². The van der Waals surface area contributed by atoms with Crippen molar-refractivity contribution < 1.29 is 4.79 Å². The molecule has 0 bridgehead atoms. The standard InChI is InChI=1S/C17H14ClN3OS2/c18-15-9-8-14(24-15)13(22)10-23-17-19-16(11-6-7-11)21(20-17)12-4-2-1-3-5-12/h1-5,8-9,11H,6-7,10H2. The van der Waals surface area contributed by atoms with Gasteiger partial charge in [0.2, 0.25) is 5.16 Å². The normalized spacial score (nSPS) is 14.0. The summed E-state index contributed by atoms with van der Waals surface area (Å²) in [4.78, 5) is 17.5. The second-order valence-corrected chi connectivity index (χ2v) is 8.25. The summed E-state index contributed by atoms with van der Waals surface area (Å²) in [6.45, 7) is 0. The number of carbonyl (C=O) groups is 1. The Morgan fingerprint density at radius 3 is 2.71 bits per heavy atom. The highest BCUT2D eigenvalue weighted by Crippen LogP contribution is 2.40. The van der Waals surface area contributed by atoms with E-state index in [1.165, 1.54) is 23.1 Å². The lowest BCUT2D eigenvalue weighted by atomic mass is 10.3. The Kier molecular flexibility index (Phi) is 4.43. The first kappa shape index (κ1) is 15.9. The summed E-state index contributed by atoms with van der Waals surface area (Å²) in [6.07, 6.45) is 2.31. The van der Waals surface area contributed by atoms with Gasteiger partial charge in [-0.3, -0.25) is 4.79 Å². The van der Waals surface area contributed by atoms with Crippen LogP contribution in [0, 0.1) is 0 Å². The maximum atomic E-state index is 12.2. The summed E-state index contributed by atoms with van der Waals surface area (Å²) in [6, 6.07) is 13.5. The van der Waals surface area contributed by atoms with Crippen molar-refractivity contribution in [1.82, 2.24) is 14.8 Å². The lowest BCUT2D eigenvalue weighted by Gasteiger charge is -2.03. The largest absolute Gasteiger partial charge is 0.292 e. The van der Waals surface area contributed by atoms with Crippen LogP contribution in [0.15, 0.2) is 47.6 Å². The molecular weight excluding hydrogens is 362 g/mol. The molecule has 0 atom stereocenters. The molecule has 1 aliphatic rings. The number of thiophene rings is 1.